The van der Waals surface area contributed by atoms with E-state index in [1.807, 2.05) is 0 Å². The molecule has 0 aliphatic rings. The van der Waals surface area contributed by atoms with Gasteiger partial charge >= 0.3 is 0 Å². The lowest BCUT2D eigenvalue weighted by molar-refractivity contribution is -0.131. The van der Waals surface area contributed by atoms with Crippen LogP contribution in [0.3, 0.4) is 0 Å². The van der Waals surface area contributed by atoms with Gasteiger partial charge in [-0.3, -0.25) is 9.59 Å². The minimum Gasteiger partial charge on any atom is -0.344 e. The van der Waals surface area contributed by atoms with Crippen molar-refractivity contribution in [3.63, 3.8) is 0 Å². The zero-order valence-electron chi connectivity index (χ0n) is 4.43. The molecule has 0 saturated carbocycles. The third kappa shape index (κ3) is 4.86. The van der Waals surface area contributed by atoms with E-state index in [9.17, 15) is 18.4 Å². The first-order valence-corrected chi connectivity index (χ1v) is 2.18. The number of amides is 1. The zero-order valence-corrected chi connectivity index (χ0v) is 4.43. The summed E-state index contributed by atoms with van der Waals surface area (Å²) in [6, 6.07) is 0. The van der Waals surface area contributed by atoms with Crippen molar-refractivity contribution in [2.24, 2.45) is 0 Å². The molecular formula is C4H5F2NO2. The number of halogens is 2. The van der Waals surface area contributed by atoms with Crippen LogP contribution in [0.5, 0.6) is 0 Å². The minimum atomic E-state index is -2.60. The Morgan fingerprint density at radius 1 is 1.67 bits per heavy atom. The SMILES string of the molecule is O=CC(=O)NCC(F)F. The van der Waals surface area contributed by atoms with E-state index in [4.69, 9.17) is 0 Å². The van der Waals surface area contributed by atoms with E-state index < -0.39 is 18.9 Å². The largest absolute Gasteiger partial charge is 0.344 e. The van der Waals surface area contributed by atoms with Gasteiger partial charge in [-0.1, -0.05) is 0 Å². The monoisotopic (exact) mass is 137 g/mol. The summed E-state index contributed by atoms with van der Waals surface area (Å²) in [5.41, 5.74) is 0. The lowest BCUT2D eigenvalue weighted by Gasteiger charge is -1.96. The van der Waals surface area contributed by atoms with Crippen molar-refractivity contribution in [2.75, 3.05) is 6.54 Å². The highest BCUT2D eigenvalue weighted by Crippen LogP contribution is 1.86. The lowest BCUT2D eigenvalue weighted by Crippen LogP contribution is -2.28. The second-order valence-electron chi connectivity index (χ2n) is 1.25. The quantitative estimate of drug-likeness (QED) is 0.423. The van der Waals surface area contributed by atoms with Crippen LogP contribution in [-0.4, -0.2) is 25.2 Å². The summed E-state index contributed by atoms with van der Waals surface area (Å²) in [6.07, 6.45) is -2.66. The van der Waals surface area contributed by atoms with Crippen molar-refractivity contribution in [1.82, 2.24) is 5.32 Å². The highest BCUT2D eigenvalue weighted by Gasteiger charge is 2.03. The first kappa shape index (κ1) is 8.00. The Morgan fingerprint density at radius 3 is 2.56 bits per heavy atom. The fraction of sp³-hybridized carbons (Fsp3) is 0.500. The first-order chi connectivity index (χ1) is 4.16. The summed E-state index contributed by atoms with van der Waals surface area (Å²) in [6.45, 7) is -0.766. The first-order valence-electron chi connectivity index (χ1n) is 2.18. The molecule has 0 aliphatic heterocycles. The molecular weight excluding hydrogens is 132 g/mol. The second-order valence-corrected chi connectivity index (χ2v) is 1.25. The van der Waals surface area contributed by atoms with Gasteiger partial charge in [-0.25, -0.2) is 8.78 Å². The minimum absolute atomic E-state index is 0.0532. The predicted octanol–water partition coefficient (Wildman–Crippen LogP) is -0.433. The van der Waals surface area contributed by atoms with E-state index in [2.05, 4.69) is 0 Å². The summed E-state index contributed by atoms with van der Waals surface area (Å²) in [4.78, 5) is 19.4. The Labute approximate surface area is 50.0 Å². The third-order valence-electron chi connectivity index (χ3n) is 0.538. The van der Waals surface area contributed by atoms with Crippen molar-refractivity contribution >= 4 is 12.2 Å². The summed E-state index contributed by atoms with van der Waals surface area (Å²) < 4.78 is 22.4. The van der Waals surface area contributed by atoms with Crippen LogP contribution in [0.1, 0.15) is 0 Å². The molecule has 0 fully saturated rings. The zero-order chi connectivity index (χ0) is 7.28. The molecule has 0 saturated heterocycles. The van der Waals surface area contributed by atoms with Crippen LogP contribution in [0.15, 0.2) is 0 Å². The summed E-state index contributed by atoms with van der Waals surface area (Å²) in [5, 5.41) is 1.67. The van der Waals surface area contributed by atoms with Crippen LogP contribution in [0.4, 0.5) is 8.78 Å². The van der Waals surface area contributed by atoms with Crippen molar-refractivity contribution in [1.29, 1.82) is 0 Å². The molecule has 0 aromatic heterocycles. The van der Waals surface area contributed by atoms with Gasteiger partial charge in [0.2, 0.25) is 6.29 Å². The van der Waals surface area contributed by atoms with Gasteiger partial charge in [-0.15, -0.1) is 0 Å². The van der Waals surface area contributed by atoms with Crippen LogP contribution in [0, 0.1) is 0 Å². The molecule has 0 unspecified atom stereocenters. The Balaban J connectivity index is 3.27. The molecule has 0 aromatic rings. The van der Waals surface area contributed by atoms with Gasteiger partial charge in [0.25, 0.3) is 12.3 Å². The molecule has 0 rings (SSSR count). The van der Waals surface area contributed by atoms with Crippen LogP contribution in [0.25, 0.3) is 0 Å². The fourth-order valence-corrected chi connectivity index (χ4v) is 0.219. The maximum absolute atomic E-state index is 11.2. The summed E-state index contributed by atoms with van der Waals surface area (Å²) >= 11 is 0. The van der Waals surface area contributed by atoms with E-state index in [0.29, 0.717) is 0 Å². The van der Waals surface area contributed by atoms with Gasteiger partial charge in [-0.05, 0) is 0 Å². The molecule has 0 aromatic carbocycles. The van der Waals surface area contributed by atoms with Crippen LogP contribution in [-0.2, 0) is 9.59 Å². The number of hydrogen-bond acceptors (Lipinski definition) is 2. The molecule has 52 valence electrons. The molecule has 1 N–H and O–H groups in total. The molecule has 0 aliphatic carbocycles. The Kier molecular flexibility index (Phi) is 3.50. The highest BCUT2D eigenvalue weighted by atomic mass is 19.3. The van der Waals surface area contributed by atoms with Crippen LogP contribution >= 0.6 is 0 Å². The number of rotatable bonds is 3. The Hall–Kier alpha value is -1.00. The van der Waals surface area contributed by atoms with Crippen LogP contribution in [0.2, 0.25) is 0 Å². The second kappa shape index (κ2) is 3.94. The van der Waals surface area contributed by atoms with Gasteiger partial charge in [0.15, 0.2) is 0 Å². The van der Waals surface area contributed by atoms with Crippen LogP contribution < -0.4 is 5.32 Å². The van der Waals surface area contributed by atoms with Crippen molar-refractivity contribution in [3.8, 4) is 0 Å². The summed E-state index contributed by atoms with van der Waals surface area (Å²) in [7, 11) is 0. The van der Waals surface area contributed by atoms with Gasteiger partial charge in [0.1, 0.15) is 0 Å². The molecule has 0 radical (unpaired) electrons. The average molecular weight is 137 g/mol. The standard InChI is InChI=1S/C4H5F2NO2/c5-3(6)1-7-4(9)2-8/h2-3H,1H2,(H,7,9). The van der Waals surface area contributed by atoms with Gasteiger partial charge in [0, 0.05) is 0 Å². The van der Waals surface area contributed by atoms with Crippen molar-refractivity contribution in [3.05, 3.63) is 0 Å². The predicted molar refractivity (Wildman–Crippen MR) is 25.1 cm³/mol. The number of nitrogens with one attached hydrogen (secondary N) is 1. The Morgan fingerprint density at radius 2 is 2.22 bits per heavy atom. The molecule has 0 bridgehead atoms. The van der Waals surface area contributed by atoms with E-state index in [1.54, 1.807) is 5.32 Å². The molecule has 0 spiro atoms. The van der Waals surface area contributed by atoms with E-state index in [1.165, 1.54) is 0 Å². The number of carbonyl (C=O) groups excluding carboxylic acids is 2. The number of hydrogen-bond donors (Lipinski definition) is 1. The topological polar surface area (TPSA) is 46.2 Å². The van der Waals surface area contributed by atoms with Crippen molar-refractivity contribution < 1.29 is 18.4 Å². The summed E-state index contributed by atoms with van der Waals surface area (Å²) in [5.74, 6) is -1.02. The fourth-order valence-electron chi connectivity index (χ4n) is 0.219. The number of aldehydes is 1. The normalized spacial score (nSPS) is 9.22. The molecule has 0 atom stereocenters. The molecule has 0 heterocycles. The highest BCUT2D eigenvalue weighted by molar-refractivity contribution is 6.23. The lowest BCUT2D eigenvalue weighted by atomic mass is 10.6. The molecule has 5 heteroatoms. The van der Waals surface area contributed by atoms with Gasteiger partial charge in [-0.2, -0.15) is 0 Å². The number of carbonyl (C=O) groups is 2. The molecule has 9 heavy (non-hydrogen) atoms. The Bertz CT molecular complexity index is 115. The van der Waals surface area contributed by atoms with Crippen molar-refractivity contribution in [2.45, 2.75) is 6.43 Å². The third-order valence-corrected chi connectivity index (χ3v) is 0.538. The smallest absolute Gasteiger partial charge is 0.284 e. The average Bonchev–Trinajstić information content (AvgIpc) is 1.83. The van der Waals surface area contributed by atoms with Gasteiger partial charge in [0.05, 0.1) is 6.54 Å². The van der Waals surface area contributed by atoms with E-state index in [-0.39, 0.29) is 6.29 Å². The maximum atomic E-state index is 11.2. The van der Waals surface area contributed by atoms with E-state index in [0.717, 1.165) is 0 Å². The molecule has 3 nitrogen and oxygen atoms in total. The number of alkyl halides is 2. The molecule has 1 amide bonds. The maximum Gasteiger partial charge on any atom is 0.284 e. The van der Waals surface area contributed by atoms with Gasteiger partial charge < -0.3 is 5.32 Å². The van der Waals surface area contributed by atoms with E-state index >= 15 is 0 Å².